The van der Waals surface area contributed by atoms with Gasteiger partial charge in [0.25, 0.3) is 0 Å². The van der Waals surface area contributed by atoms with Gasteiger partial charge in [0.1, 0.15) is 11.5 Å². The number of benzene rings is 12. The summed E-state index contributed by atoms with van der Waals surface area (Å²) in [5.41, 5.74) is 20.9. The number of rotatable bonds is 5. The highest BCUT2D eigenvalue weighted by Gasteiger charge is 2.53. The van der Waals surface area contributed by atoms with E-state index >= 15 is 0 Å². The van der Waals surface area contributed by atoms with E-state index in [9.17, 15) is 5.26 Å². The van der Waals surface area contributed by atoms with Crippen molar-refractivity contribution in [3.05, 3.63) is 325 Å². The van der Waals surface area contributed by atoms with Gasteiger partial charge in [0.2, 0.25) is 0 Å². The number of ether oxygens (including phenoxy) is 1. The lowest BCUT2D eigenvalue weighted by Gasteiger charge is -2.39. The van der Waals surface area contributed by atoms with Crippen molar-refractivity contribution in [2.45, 2.75) is 5.41 Å². The third-order valence-electron chi connectivity index (χ3n) is 20.4. The Morgan fingerprint density at radius 3 is 1.05 bits per heavy atom. The van der Waals surface area contributed by atoms with Crippen molar-refractivity contribution < 1.29 is 4.74 Å². The number of aromatic nitrogens is 7. The number of pyridine rings is 2. The van der Waals surface area contributed by atoms with Crippen LogP contribution in [0, 0.1) is 17.9 Å². The molecule has 2 aliphatic rings. The van der Waals surface area contributed by atoms with Crippen LogP contribution in [0.5, 0.6) is 11.5 Å². The van der Waals surface area contributed by atoms with Crippen LogP contribution in [0.3, 0.4) is 0 Å². The minimum Gasteiger partial charge on any atom is -0.457 e. The van der Waals surface area contributed by atoms with Crippen molar-refractivity contribution in [2.75, 3.05) is 0 Å². The zero-order valence-corrected chi connectivity index (χ0v) is 50.6. The molecule has 0 saturated carbocycles. The van der Waals surface area contributed by atoms with Gasteiger partial charge in [-0.1, -0.05) is 146 Å². The molecule has 438 valence electrons. The summed E-state index contributed by atoms with van der Waals surface area (Å²) in [6.45, 7) is 8.03. The highest BCUT2D eigenvalue weighted by molar-refractivity contribution is 6.15. The van der Waals surface area contributed by atoms with E-state index in [0.29, 0.717) is 22.7 Å². The fourth-order valence-electron chi connectivity index (χ4n) is 16.6. The van der Waals surface area contributed by atoms with E-state index < -0.39 is 5.41 Å². The van der Waals surface area contributed by atoms with Crippen molar-refractivity contribution in [1.82, 2.24) is 32.8 Å². The largest absolute Gasteiger partial charge is 0.457 e. The van der Waals surface area contributed by atoms with Gasteiger partial charge in [0.05, 0.1) is 114 Å². The van der Waals surface area contributed by atoms with Crippen LogP contribution < -0.4 is 4.74 Å². The fourth-order valence-corrected chi connectivity index (χ4v) is 16.6. The Hall–Kier alpha value is -13.3. The molecule has 0 radical (unpaired) electrons. The molecule has 0 saturated heterocycles. The van der Waals surface area contributed by atoms with Crippen LogP contribution in [0.25, 0.3) is 154 Å². The first kappa shape index (κ1) is 51.5. The van der Waals surface area contributed by atoms with Gasteiger partial charge < -0.3 is 27.6 Å². The summed E-state index contributed by atoms with van der Waals surface area (Å²) >= 11 is 0. The molecule has 0 fully saturated rings. The van der Waals surface area contributed by atoms with Crippen LogP contribution in [0.15, 0.2) is 285 Å². The lowest BCUT2D eigenvalue weighted by atomic mass is 9.66. The average molecular weight is 1210 g/mol. The Labute approximate surface area is 541 Å². The number of hydrogen-bond donors (Lipinski definition) is 0. The summed E-state index contributed by atoms with van der Waals surface area (Å²) in [5.74, 6) is 1.41. The summed E-state index contributed by atoms with van der Waals surface area (Å²) in [7, 11) is 0. The average Bonchev–Trinajstić information content (AvgIpc) is 1.55. The molecule has 1 atom stereocenters. The van der Waals surface area contributed by atoms with Crippen LogP contribution >= 0.6 is 0 Å². The number of nitrogens with zero attached hydrogens (tertiary/aromatic N) is 9. The Bertz CT molecular complexity index is 6650. The fraction of sp³-hybridized carbons (Fsp3) is 0.0118. The summed E-state index contributed by atoms with van der Waals surface area (Å²) in [4.78, 5) is 15.1. The van der Waals surface area contributed by atoms with E-state index in [0.717, 1.165) is 160 Å². The van der Waals surface area contributed by atoms with Gasteiger partial charge in [0.15, 0.2) is 5.69 Å². The lowest BCUT2D eigenvalue weighted by molar-refractivity contribution is 0.436. The highest BCUT2D eigenvalue weighted by Crippen LogP contribution is 2.63. The Kier molecular flexibility index (Phi) is 10.2. The second kappa shape index (κ2) is 18.9. The van der Waals surface area contributed by atoms with Crippen molar-refractivity contribution in [3.63, 3.8) is 0 Å². The van der Waals surface area contributed by atoms with Gasteiger partial charge in [-0.2, -0.15) is 5.26 Å². The molecule has 0 N–H and O–H groups in total. The summed E-state index contributed by atoms with van der Waals surface area (Å²) < 4.78 is 19.4. The monoisotopic (exact) mass is 1210 g/mol. The SMILES string of the molecule is [C-]#[N+]c1ccc2c(c1)c1ccccc1n2-c1cnc2c(c1)C1(c3ccc(-n4c5ccccc5c5ccccc54)cc3Oc3cc(-n4c5ccccc5c5cc(-n6c7ccccc7c7cc(C#N)ccc76)ccc54)ccc31)c1cc(-n3c4ccccc4c4ccccc43)cnc1-2. The summed E-state index contributed by atoms with van der Waals surface area (Å²) in [5, 5.41) is 21.1. The topological polar surface area (TPSA) is 87.8 Å². The van der Waals surface area contributed by atoms with Crippen LogP contribution in [-0.2, 0) is 5.41 Å². The molecule has 0 bridgehead atoms. The molecule has 7 aromatic heterocycles. The molecule has 0 amide bonds. The van der Waals surface area contributed by atoms with E-state index in [1.54, 1.807) is 0 Å². The maximum Gasteiger partial charge on any atom is 0.188 e. The van der Waals surface area contributed by atoms with Crippen molar-refractivity contribution in [1.29, 1.82) is 5.26 Å². The first-order chi connectivity index (χ1) is 47.0. The van der Waals surface area contributed by atoms with Gasteiger partial charge in [0, 0.05) is 99.9 Å². The van der Waals surface area contributed by atoms with Crippen molar-refractivity contribution in [2.24, 2.45) is 0 Å². The van der Waals surface area contributed by atoms with E-state index in [4.69, 9.17) is 21.3 Å². The Morgan fingerprint density at radius 1 is 0.316 bits per heavy atom. The molecular formula is C85H47N9O. The molecule has 1 unspecified atom stereocenters. The second-order valence-corrected chi connectivity index (χ2v) is 25.0. The molecule has 12 aromatic carbocycles. The third kappa shape index (κ3) is 6.83. The Balaban J connectivity index is 0.850. The second-order valence-electron chi connectivity index (χ2n) is 25.0. The molecule has 95 heavy (non-hydrogen) atoms. The van der Waals surface area contributed by atoms with Gasteiger partial charge in [-0.15, -0.1) is 0 Å². The quantitative estimate of drug-likeness (QED) is 0.161. The molecular weight excluding hydrogens is 1160 g/mol. The van der Waals surface area contributed by atoms with Gasteiger partial charge in [-0.25, -0.2) is 4.85 Å². The molecule has 1 aliphatic heterocycles. The van der Waals surface area contributed by atoms with Crippen molar-refractivity contribution >= 4 is 115 Å². The van der Waals surface area contributed by atoms with Crippen LogP contribution in [-0.4, -0.2) is 32.8 Å². The smallest absolute Gasteiger partial charge is 0.188 e. The van der Waals surface area contributed by atoms with E-state index in [1.807, 2.05) is 36.7 Å². The van der Waals surface area contributed by atoms with E-state index in [1.165, 1.54) is 10.8 Å². The molecule has 1 aliphatic carbocycles. The van der Waals surface area contributed by atoms with Crippen LogP contribution in [0.4, 0.5) is 5.69 Å². The van der Waals surface area contributed by atoms with E-state index in [2.05, 4.69) is 282 Å². The first-order valence-corrected chi connectivity index (χ1v) is 31.9. The number of hydrogen-bond acceptors (Lipinski definition) is 4. The zero-order valence-electron chi connectivity index (χ0n) is 50.6. The van der Waals surface area contributed by atoms with E-state index in [-0.39, 0.29) is 0 Å². The molecule has 19 aromatic rings. The summed E-state index contributed by atoms with van der Waals surface area (Å²) in [6.07, 6.45) is 4.01. The number of para-hydroxylation sites is 7. The van der Waals surface area contributed by atoms with Crippen LogP contribution in [0.2, 0.25) is 0 Å². The van der Waals surface area contributed by atoms with Gasteiger partial charge >= 0.3 is 0 Å². The zero-order chi connectivity index (χ0) is 62.4. The molecule has 21 rings (SSSR count). The Morgan fingerprint density at radius 2 is 0.642 bits per heavy atom. The normalized spacial score (nSPS) is 14.0. The lowest BCUT2D eigenvalue weighted by Crippen LogP contribution is -2.32. The maximum absolute atomic E-state index is 9.99. The highest BCUT2D eigenvalue weighted by atomic mass is 16.5. The molecule has 10 heteroatoms. The molecule has 10 nitrogen and oxygen atoms in total. The van der Waals surface area contributed by atoms with Crippen molar-refractivity contribution in [3.8, 4) is 57.4 Å². The predicted molar refractivity (Wildman–Crippen MR) is 382 cm³/mol. The maximum atomic E-state index is 9.99. The minimum atomic E-state index is -1.07. The molecule has 1 spiro atoms. The predicted octanol–water partition coefficient (Wildman–Crippen LogP) is 20.9. The van der Waals surface area contributed by atoms with Gasteiger partial charge in [-0.3, -0.25) is 9.97 Å². The van der Waals surface area contributed by atoms with Crippen LogP contribution in [0.1, 0.15) is 27.8 Å². The molecule has 8 heterocycles. The summed E-state index contributed by atoms with van der Waals surface area (Å²) in [6, 6.07) is 99.6. The minimum absolute atomic E-state index is 0.587. The number of fused-ring (bicyclic) bond motifs is 24. The third-order valence-corrected chi connectivity index (χ3v) is 20.4. The first-order valence-electron chi connectivity index (χ1n) is 31.9. The standard InChI is InChI=1S/C85H47N9O/c1-87-51-31-38-79-65(41-51)62-21-7-15-29-77(62)94(79)56-44-70-84(89-49-56)83-69(43-55(48-88-83)93-73-25-11-4-18-59(73)60-19-5-12-26-74(60)93)85(70)67-35-32-53(91-71-23-9-2-16-57(71)58-17-3-10-24-72(58)91)45-81(67)95-82-46-54(33-36-68(82)85)92-76-28-14-8-22-63(76)66-42-52(34-39-80(66)92)90-75-27-13-6-20-61(75)64-40-50(47-86)30-37-78(64)90/h2-46,48-49H. The number of nitriles is 1. The van der Waals surface area contributed by atoms with Gasteiger partial charge in [-0.05, 0) is 121 Å².